The molecular weight excluding hydrogens is 208 g/mol. The Kier molecular flexibility index (Phi) is 5.85. The van der Waals surface area contributed by atoms with Gasteiger partial charge in [-0.25, -0.2) is 9.59 Å². The number of carbonyl (C=O) groups is 2. The highest BCUT2D eigenvalue weighted by molar-refractivity contribution is 5.91. The van der Waals surface area contributed by atoms with Crippen molar-refractivity contribution in [2.75, 3.05) is 0 Å². The number of carboxylic acid groups (broad SMARTS) is 2. The molecule has 0 unspecified atom stereocenters. The van der Waals surface area contributed by atoms with Gasteiger partial charge in [0, 0.05) is 0 Å². The first-order valence-corrected chi connectivity index (χ1v) is 4.91. The largest absolute Gasteiger partial charge is 0.478 e. The van der Waals surface area contributed by atoms with E-state index < -0.39 is 11.9 Å². The van der Waals surface area contributed by atoms with Gasteiger partial charge in [0.2, 0.25) is 0 Å². The van der Waals surface area contributed by atoms with Gasteiger partial charge >= 0.3 is 11.9 Å². The lowest BCUT2D eigenvalue weighted by atomic mass is 10.1. The van der Waals surface area contributed by atoms with Crippen LogP contribution in [0, 0.1) is 5.92 Å². The molecule has 0 heterocycles. The summed E-state index contributed by atoms with van der Waals surface area (Å²) in [5, 5.41) is 16.9. The molecule has 0 spiro atoms. The van der Waals surface area contributed by atoms with Gasteiger partial charge in [-0.3, -0.25) is 0 Å². The third-order valence-corrected chi connectivity index (χ3v) is 1.38. The van der Waals surface area contributed by atoms with E-state index in [-0.39, 0.29) is 11.1 Å². The van der Waals surface area contributed by atoms with Gasteiger partial charge in [-0.1, -0.05) is 20.8 Å². The molecule has 2 N–H and O–H groups in total. The monoisotopic (exact) mass is 224 g/mol. The van der Waals surface area contributed by atoms with E-state index >= 15 is 0 Å². The van der Waals surface area contributed by atoms with Crippen LogP contribution in [0.15, 0.2) is 24.3 Å². The van der Waals surface area contributed by atoms with Gasteiger partial charge in [-0.15, -0.1) is 0 Å². The minimum absolute atomic E-state index is 0.0833. The van der Waals surface area contributed by atoms with E-state index in [4.69, 9.17) is 10.2 Å². The summed E-state index contributed by atoms with van der Waals surface area (Å²) in [6, 6.07) is 5.02. The van der Waals surface area contributed by atoms with Gasteiger partial charge in [0.05, 0.1) is 11.1 Å². The number of hydrogen-bond acceptors (Lipinski definition) is 2. The summed E-state index contributed by atoms with van der Waals surface area (Å²) in [5.74, 6) is -1.29. The molecule has 1 rings (SSSR count). The average molecular weight is 224 g/mol. The molecule has 16 heavy (non-hydrogen) atoms. The Morgan fingerprint density at radius 3 is 1.19 bits per heavy atom. The third kappa shape index (κ3) is 5.80. The van der Waals surface area contributed by atoms with Gasteiger partial charge < -0.3 is 10.2 Å². The third-order valence-electron chi connectivity index (χ3n) is 1.38. The van der Waals surface area contributed by atoms with Crippen molar-refractivity contribution in [3.63, 3.8) is 0 Å². The molecule has 0 bridgehead atoms. The predicted octanol–water partition coefficient (Wildman–Crippen LogP) is 2.75. The first-order chi connectivity index (χ1) is 7.34. The summed E-state index contributed by atoms with van der Waals surface area (Å²) in [5.41, 5.74) is 0.167. The van der Waals surface area contributed by atoms with Crippen LogP contribution in [0.1, 0.15) is 41.5 Å². The van der Waals surface area contributed by atoms with Gasteiger partial charge in [-0.2, -0.15) is 0 Å². The zero-order chi connectivity index (χ0) is 12.7. The quantitative estimate of drug-likeness (QED) is 0.809. The van der Waals surface area contributed by atoms with Crippen molar-refractivity contribution in [1.82, 2.24) is 0 Å². The maximum absolute atomic E-state index is 10.3. The highest BCUT2D eigenvalue weighted by Crippen LogP contribution is 2.03. The molecule has 0 saturated carbocycles. The summed E-state index contributed by atoms with van der Waals surface area (Å²) >= 11 is 0. The Hall–Kier alpha value is -1.84. The summed E-state index contributed by atoms with van der Waals surface area (Å²) in [6.07, 6.45) is 0. The Morgan fingerprint density at radius 2 is 1.06 bits per heavy atom. The van der Waals surface area contributed by atoms with Crippen LogP contribution in [0.5, 0.6) is 0 Å². The fourth-order valence-electron chi connectivity index (χ4n) is 0.755. The average Bonchev–Trinajstić information content (AvgIpc) is 2.17. The van der Waals surface area contributed by atoms with Crippen LogP contribution in [0.25, 0.3) is 0 Å². The topological polar surface area (TPSA) is 74.6 Å². The van der Waals surface area contributed by atoms with Crippen LogP contribution in [0.3, 0.4) is 0 Å². The van der Waals surface area contributed by atoms with Crippen LogP contribution in [0.2, 0.25) is 0 Å². The van der Waals surface area contributed by atoms with E-state index in [9.17, 15) is 9.59 Å². The lowest BCUT2D eigenvalue weighted by Crippen LogP contribution is -1.99. The highest BCUT2D eigenvalue weighted by atomic mass is 16.4. The second-order valence-electron chi connectivity index (χ2n) is 3.92. The van der Waals surface area contributed by atoms with Crippen LogP contribution >= 0.6 is 0 Å². The van der Waals surface area contributed by atoms with Crippen LogP contribution in [0.4, 0.5) is 0 Å². The minimum atomic E-state index is -1.06. The molecule has 1 aromatic carbocycles. The van der Waals surface area contributed by atoms with Crippen molar-refractivity contribution in [2.45, 2.75) is 20.8 Å². The molecule has 0 aliphatic carbocycles. The number of carboxylic acids is 2. The normalized spacial score (nSPS) is 9.25. The molecular formula is C12H16O4. The first kappa shape index (κ1) is 14.2. The fraction of sp³-hybridized carbons (Fsp3) is 0.333. The van der Waals surface area contributed by atoms with Gasteiger partial charge in [0.25, 0.3) is 0 Å². The Bertz CT molecular complexity index is 316. The summed E-state index contributed by atoms with van der Waals surface area (Å²) in [6.45, 7) is 6.50. The molecule has 1 aromatic rings. The number of hydrogen-bond donors (Lipinski definition) is 2. The van der Waals surface area contributed by atoms with E-state index in [2.05, 4.69) is 20.8 Å². The molecule has 4 nitrogen and oxygen atoms in total. The lowest BCUT2D eigenvalue weighted by Gasteiger charge is -1.94. The second-order valence-corrected chi connectivity index (χ2v) is 3.92. The van der Waals surface area contributed by atoms with Crippen molar-refractivity contribution in [2.24, 2.45) is 5.92 Å². The van der Waals surface area contributed by atoms with Gasteiger partial charge in [-0.05, 0) is 30.2 Å². The van der Waals surface area contributed by atoms with Crippen molar-refractivity contribution < 1.29 is 19.8 Å². The smallest absolute Gasteiger partial charge is 0.335 e. The molecule has 0 atom stereocenters. The van der Waals surface area contributed by atoms with Crippen LogP contribution in [-0.2, 0) is 0 Å². The molecule has 0 saturated heterocycles. The molecule has 0 aromatic heterocycles. The van der Waals surface area contributed by atoms with Crippen molar-refractivity contribution in [1.29, 1.82) is 0 Å². The van der Waals surface area contributed by atoms with Crippen molar-refractivity contribution in [3.05, 3.63) is 35.4 Å². The summed E-state index contributed by atoms with van der Waals surface area (Å²) in [7, 11) is 0. The molecule has 4 heteroatoms. The molecule has 88 valence electrons. The maximum atomic E-state index is 10.3. The predicted molar refractivity (Wildman–Crippen MR) is 60.9 cm³/mol. The standard InChI is InChI=1S/C8H6O4.C4H10/c9-7(10)5-1-2-6(4-3-5)8(11)12;1-4(2)3/h1-4H,(H,9,10)(H,11,12);4H,1-3H3. The van der Waals surface area contributed by atoms with Gasteiger partial charge in [0.15, 0.2) is 0 Å². The van der Waals surface area contributed by atoms with E-state index in [0.29, 0.717) is 0 Å². The fourth-order valence-corrected chi connectivity index (χ4v) is 0.755. The zero-order valence-electron chi connectivity index (χ0n) is 9.60. The summed E-state index contributed by atoms with van der Waals surface area (Å²) < 4.78 is 0. The van der Waals surface area contributed by atoms with E-state index in [0.717, 1.165) is 5.92 Å². The van der Waals surface area contributed by atoms with Gasteiger partial charge in [0.1, 0.15) is 0 Å². The molecule has 0 radical (unpaired) electrons. The van der Waals surface area contributed by atoms with Crippen molar-refractivity contribution in [3.8, 4) is 0 Å². The lowest BCUT2D eigenvalue weighted by molar-refractivity contribution is 0.0681. The molecule has 0 aliphatic rings. The van der Waals surface area contributed by atoms with Crippen LogP contribution < -0.4 is 0 Å². The zero-order valence-corrected chi connectivity index (χ0v) is 9.60. The summed E-state index contributed by atoms with van der Waals surface area (Å²) in [4.78, 5) is 20.7. The number of rotatable bonds is 2. The van der Waals surface area contributed by atoms with Crippen molar-refractivity contribution >= 4 is 11.9 Å². The first-order valence-electron chi connectivity index (χ1n) is 4.91. The van der Waals surface area contributed by atoms with E-state index in [1.54, 1.807) is 0 Å². The number of benzene rings is 1. The van der Waals surface area contributed by atoms with E-state index in [1.165, 1.54) is 24.3 Å². The molecule has 0 aliphatic heterocycles. The van der Waals surface area contributed by atoms with Crippen LogP contribution in [-0.4, -0.2) is 22.2 Å². The Labute approximate surface area is 94.5 Å². The Morgan fingerprint density at radius 1 is 0.875 bits per heavy atom. The number of aromatic carboxylic acids is 2. The maximum Gasteiger partial charge on any atom is 0.335 e. The molecule has 0 amide bonds. The SMILES string of the molecule is CC(C)C.O=C(O)c1ccc(C(=O)O)cc1. The minimum Gasteiger partial charge on any atom is -0.478 e. The molecule has 0 fully saturated rings. The Balaban J connectivity index is 0.000000487. The highest BCUT2D eigenvalue weighted by Gasteiger charge is 2.04. The second kappa shape index (κ2) is 6.61. The van der Waals surface area contributed by atoms with E-state index in [1.807, 2.05) is 0 Å².